The highest BCUT2D eigenvalue weighted by molar-refractivity contribution is 7.91. The molecule has 0 spiro atoms. The van der Waals surface area contributed by atoms with Gasteiger partial charge >= 0.3 is 12.1 Å². The van der Waals surface area contributed by atoms with Crippen LogP contribution in [0.3, 0.4) is 0 Å². The van der Waals surface area contributed by atoms with Crippen molar-refractivity contribution in [2.24, 2.45) is 0 Å². The molecule has 43 heavy (non-hydrogen) atoms. The average Bonchev–Trinajstić information content (AvgIpc) is 3.12. The summed E-state index contributed by atoms with van der Waals surface area (Å²) in [6, 6.07) is 14.0. The van der Waals surface area contributed by atoms with Crippen LogP contribution in [0.5, 0.6) is 5.75 Å². The third-order valence-electron chi connectivity index (χ3n) is 7.96. The van der Waals surface area contributed by atoms with Gasteiger partial charge in [-0.25, -0.2) is 8.42 Å². The Hall–Kier alpha value is -2.17. The van der Waals surface area contributed by atoms with Gasteiger partial charge in [0.15, 0.2) is 0 Å². The first-order valence-electron chi connectivity index (χ1n) is 14.8. The number of alkyl halides is 5. The number of sulfone groups is 1. The Morgan fingerprint density at radius 2 is 1.51 bits per heavy atom. The van der Waals surface area contributed by atoms with Crippen LogP contribution >= 0.6 is 11.6 Å². The third kappa shape index (κ3) is 10.5. The fourth-order valence-electron chi connectivity index (χ4n) is 5.60. The average molecular weight is 650 g/mol. The highest BCUT2D eigenvalue weighted by atomic mass is 35.5. The fraction of sp³-hybridized carbons (Fsp3) is 0.562. The molecule has 0 bridgehead atoms. The summed E-state index contributed by atoms with van der Waals surface area (Å²) in [7, 11) is -1.81. The van der Waals surface area contributed by atoms with Gasteiger partial charge in [0.2, 0.25) is 0 Å². The van der Waals surface area contributed by atoms with Crippen LogP contribution in [0.4, 0.5) is 22.0 Å². The second kappa shape index (κ2) is 15.7. The van der Waals surface area contributed by atoms with E-state index in [0.29, 0.717) is 18.0 Å². The van der Waals surface area contributed by atoms with Crippen molar-refractivity contribution in [2.75, 3.05) is 31.6 Å². The molecule has 0 aliphatic heterocycles. The molecule has 0 aromatic heterocycles. The van der Waals surface area contributed by atoms with Crippen molar-refractivity contribution in [3.05, 3.63) is 64.2 Å². The number of unbranched alkanes of at least 4 members (excludes halogenated alkanes) is 3. The van der Waals surface area contributed by atoms with E-state index in [1.165, 1.54) is 16.7 Å². The maximum atomic E-state index is 13.0. The number of nitrogens with zero attached hydrogens (tertiary/aromatic N) is 1. The van der Waals surface area contributed by atoms with Crippen LogP contribution in [0.25, 0.3) is 11.1 Å². The smallest absolute Gasteiger partial charge is 0.453 e. The van der Waals surface area contributed by atoms with Crippen LogP contribution in [0.2, 0.25) is 5.02 Å². The van der Waals surface area contributed by atoms with Crippen molar-refractivity contribution in [1.29, 1.82) is 0 Å². The number of benzene rings is 2. The zero-order chi connectivity index (χ0) is 31.7. The molecule has 1 N–H and O–H groups in total. The first-order valence-corrected chi connectivity index (χ1v) is 17.0. The van der Waals surface area contributed by atoms with E-state index in [1.54, 1.807) is 6.07 Å². The summed E-state index contributed by atoms with van der Waals surface area (Å²) in [5.41, 5.74) is 5.93. The van der Waals surface area contributed by atoms with Crippen molar-refractivity contribution in [1.82, 2.24) is 4.90 Å². The lowest BCUT2D eigenvalue weighted by molar-refractivity contribution is -0.284. The molecule has 0 amide bonds. The van der Waals surface area contributed by atoms with Crippen LogP contribution in [-0.2, 0) is 16.3 Å². The van der Waals surface area contributed by atoms with Gasteiger partial charge in [-0.1, -0.05) is 60.8 Å². The van der Waals surface area contributed by atoms with Crippen molar-refractivity contribution in [3.8, 4) is 5.75 Å². The summed E-state index contributed by atoms with van der Waals surface area (Å²) in [6.45, 7) is 1.27. The topological polar surface area (TPSA) is 57.6 Å². The largest absolute Gasteiger partial charge is 0.506 e. The molecule has 0 fully saturated rings. The van der Waals surface area contributed by atoms with Gasteiger partial charge in [-0.3, -0.25) is 0 Å². The maximum Gasteiger partial charge on any atom is 0.453 e. The first-order chi connectivity index (χ1) is 20.2. The monoisotopic (exact) mass is 649 g/mol. The number of hydrogen-bond acceptors (Lipinski definition) is 4. The zero-order valence-electron chi connectivity index (χ0n) is 24.5. The molecule has 0 saturated carbocycles. The minimum atomic E-state index is -5.66. The molecule has 0 unspecified atom stereocenters. The van der Waals surface area contributed by atoms with E-state index in [2.05, 4.69) is 12.1 Å². The molecule has 4 nitrogen and oxygen atoms in total. The number of aromatic hydroxyl groups is 1. The van der Waals surface area contributed by atoms with Gasteiger partial charge in [-0.15, -0.1) is 0 Å². The molecule has 2 aromatic carbocycles. The van der Waals surface area contributed by atoms with Crippen molar-refractivity contribution < 1.29 is 35.5 Å². The van der Waals surface area contributed by atoms with Crippen molar-refractivity contribution in [2.45, 2.75) is 82.7 Å². The highest BCUT2D eigenvalue weighted by Gasteiger charge is 2.56. The molecule has 240 valence electrons. The van der Waals surface area contributed by atoms with E-state index < -0.39 is 40.5 Å². The van der Waals surface area contributed by atoms with Crippen LogP contribution < -0.4 is 0 Å². The lowest BCUT2D eigenvalue weighted by atomic mass is 9.89. The van der Waals surface area contributed by atoms with Crippen LogP contribution in [0, 0.1) is 0 Å². The minimum Gasteiger partial charge on any atom is -0.506 e. The van der Waals surface area contributed by atoms with Gasteiger partial charge in [0.05, 0.1) is 16.5 Å². The minimum absolute atomic E-state index is 0.107. The number of halogens is 6. The van der Waals surface area contributed by atoms with E-state index in [4.69, 9.17) is 11.6 Å². The maximum absolute atomic E-state index is 13.0. The summed E-state index contributed by atoms with van der Waals surface area (Å²) < 4.78 is 87.0. The Balaban J connectivity index is 1.43. The summed E-state index contributed by atoms with van der Waals surface area (Å²) in [6.07, 6.45) is -0.119. The predicted molar refractivity (Wildman–Crippen MR) is 163 cm³/mol. The van der Waals surface area contributed by atoms with E-state index >= 15 is 0 Å². The van der Waals surface area contributed by atoms with E-state index in [0.717, 1.165) is 69.0 Å². The SMILES string of the molecule is CN(CCCCCCC1=C(c2ccccc2)CCCc2c1ccc(O)c2Cl)CCCS(=O)(=O)CCCC(F)(F)C(F)(F)F. The lowest BCUT2D eigenvalue weighted by Crippen LogP contribution is -2.36. The Labute approximate surface area is 256 Å². The van der Waals surface area contributed by atoms with Gasteiger partial charge in [0.25, 0.3) is 0 Å². The molecule has 2 aromatic rings. The first kappa shape index (κ1) is 35.3. The molecular weight excluding hydrogens is 609 g/mol. The van der Waals surface area contributed by atoms with Gasteiger partial charge in [-0.05, 0) is 105 Å². The summed E-state index contributed by atoms with van der Waals surface area (Å²) >= 11 is 6.51. The molecule has 1 aliphatic rings. The fourth-order valence-corrected chi connectivity index (χ4v) is 7.21. The standard InChI is InChI=1S/C32H41ClF5NO3S/c1-39(21-11-23-43(41,42)22-10-19-31(34,35)32(36,37)38)20-8-3-2-7-14-26-25(24-12-5-4-6-13-24)15-9-16-28-27(26)17-18-29(40)30(28)33/h4-6,12-13,17-18,40H,2-3,7-11,14-16,19-23H2,1H3. The molecule has 11 heteroatoms. The number of phenols is 1. The molecule has 0 saturated heterocycles. The number of allylic oxidation sites excluding steroid dienone is 2. The van der Waals surface area contributed by atoms with Gasteiger partial charge < -0.3 is 10.0 Å². The Kier molecular flexibility index (Phi) is 12.9. The molecule has 0 heterocycles. The van der Waals surface area contributed by atoms with E-state index in [1.807, 2.05) is 36.2 Å². The highest BCUT2D eigenvalue weighted by Crippen LogP contribution is 2.43. The summed E-state index contributed by atoms with van der Waals surface area (Å²) in [5.74, 6) is -5.68. The van der Waals surface area contributed by atoms with Crippen molar-refractivity contribution in [3.63, 3.8) is 0 Å². The zero-order valence-corrected chi connectivity index (χ0v) is 26.1. The second-order valence-electron chi connectivity index (χ2n) is 11.4. The van der Waals surface area contributed by atoms with Crippen molar-refractivity contribution >= 4 is 32.6 Å². The van der Waals surface area contributed by atoms with Crippen LogP contribution in [0.15, 0.2) is 42.5 Å². The quantitative estimate of drug-likeness (QED) is 0.146. The molecular formula is C32H41ClF5NO3S. The van der Waals surface area contributed by atoms with Gasteiger partial charge in [0.1, 0.15) is 15.6 Å². The van der Waals surface area contributed by atoms with Gasteiger partial charge in [0, 0.05) is 6.42 Å². The van der Waals surface area contributed by atoms with E-state index in [-0.39, 0.29) is 11.5 Å². The van der Waals surface area contributed by atoms with Crippen LogP contribution in [0.1, 0.15) is 80.9 Å². The number of hydrogen-bond donors (Lipinski definition) is 1. The lowest BCUT2D eigenvalue weighted by Gasteiger charge is -2.19. The Bertz CT molecular complexity index is 1330. The molecule has 0 radical (unpaired) electrons. The molecule has 1 aliphatic carbocycles. The van der Waals surface area contributed by atoms with E-state index in [9.17, 15) is 35.5 Å². The summed E-state index contributed by atoms with van der Waals surface area (Å²) in [5, 5.41) is 10.6. The number of rotatable bonds is 16. The Morgan fingerprint density at radius 3 is 2.21 bits per heavy atom. The normalized spacial score (nSPS) is 14.7. The summed E-state index contributed by atoms with van der Waals surface area (Å²) in [4.78, 5) is 2.01. The van der Waals surface area contributed by atoms with Crippen LogP contribution in [-0.4, -0.2) is 62.2 Å². The Morgan fingerprint density at radius 1 is 0.860 bits per heavy atom. The number of fused-ring (bicyclic) bond motifs is 1. The second-order valence-corrected chi connectivity index (χ2v) is 14.1. The number of phenolic OH excluding ortho intramolecular Hbond substituents is 1. The third-order valence-corrected chi connectivity index (χ3v) is 10.2. The predicted octanol–water partition coefficient (Wildman–Crippen LogP) is 8.96. The van der Waals surface area contributed by atoms with Gasteiger partial charge in [-0.2, -0.15) is 22.0 Å². The molecule has 3 rings (SSSR count). The molecule has 0 atom stereocenters.